The van der Waals surface area contributed by atoms with Crippen LogP contribution < -0.4 is 5.32 Å². The SMILES string of the molecule is CC1(C)CCC1NCc1ccncn1. The second-order valence-electron chi connectivity index (χ2n) is 4.66. The second kappa shape index (κ2) is 3.65. The summed E-state index contributed by atoms with van der Waals surface area (Å²) in [4.78, 5) is 8.08. The van der Waals surface area contributed by atoms with E-state index in [-0.39, 0.29) is 0 Å². The lowest BCUT2D eigenvalue weighted by molar-refractivity contribution is 0.107. The Bertz CT molecular complexity index is 295. The summed E-state index contributed by atoms with van der Waals surface area (Å²) >= 11 is 0. The largest absolute Gasteiger partial charge is 0.308 e. The van der Waals surface area contributed by atoms with Gasteiger partial charge in [0, 0.05) is 18.8 Å². The first-order valence-electron chi connectivity index (χ1n) is 5.17. The average Bonchev–Trinajstić information content (AvgIpc) is 2.18. The van der Waals surface area contributed by atoms with E-state index < -0.39 is 0 Å². The van der Waals surface area contributed by atoms with Gasteiger partial charge >= 0.3 is 0 Å². The van der Waals surface area contributed by atoms with Crippen LogP contribution in [-0.2, 0) is 6.54 Å². The lowest BCUT2D eigenvalue weighted by Crippen LogP contribution is -2.49. The normalized spacial score (nSPS) is 24.3. The van der Waals surface area contributed by atoms with Crippen LogP contribution in [-0.4, -0.2) is 16.0 Å². The zero-order valence-electron chi connectivity index (χ0n) is 8.83. The predicted molar refractivity (Wildman–Crippen MR) is 55.7 cm³/mol. The van der Waals surface area contributed by atoms with Crippen molar-refractivity contribution in [1.29, 1.82) is 0 Å². The van der Waals surface area contributed by atoms with Gasteiger partial charge in [0.15, 0.2) is 0 Å². The third kappa shape index (κ3) is 1.93. The summed E-state index contributed by atoms with van der Waals surface area (Å²) < 4.78 is 0. The number of nitrogens with one attached hydrogen (secondary N) is 1. The van der Waals surface area contributed by atoms with Gasteiger partial charge in [-0.15, -0.1) is 0 Å². The Hall–Kier alpha value is -0.960. The Balaban J connectivity index is 1.84. The summed E-state index contributed by atoms with van der Waals surface area (Å²) in [5.41, 5.74) is 1.54. The van der Waals surface area contributed by atoms with Gasteiger partial charge < -0.3 is 5.32 Å². The minimum atomic E-state index is 0.465. The van der Waals surface area contributed by atoms with Crippen molar-refractivity contribution in [1.82, 2.24) is 15.3 Å². The van der Waals surface area contributed by atoms with E-state index in [9.17, 15) is 0 Å². The van der Waals surface area contributed by atoms with Gasteiger partial charge in [0.2, 0.25) is 0 Å². The Labute approximate surface area is 85.0 Å². The molecular formula is C11H17N3. The van der Waals surface area contributed by atoms with Crippen LogP contribution in [0.25, 0.3) is 0 Å². The summed E-state index contributed by atoms with van der Waals surface area (Å²) in [5.74, 6) is 0. The molecule has 0 aliphatic heterocycles. The molecule has 0 bridgehead atoms. The number of hydrogen-bond donors (Lipinski definition) is 1. The molecule has 76 valence electrons. The van der Waals surface area contributed by atoms with Crippen LogP contribution in [0.3, 0.4) is 0 Å². The van der Waals surface area contributed by atoms with Crippen LogP contribution in [0.5, 0.6) is 0 Å². The van der Waals surface area contributed by atoms with Crippen molar-refractivity contribution in [2.45, 2.75) is 39.3 Å². The molecule has 1 heterocycles. The van der Waals surface area contributed by atoms with E-state index in [1.165, 1.54) is 12.8 Å². The summed E-state index contributed by atoms with van der Waals surface area (Å²) in [7, 11) is 0. The molecule has 1 aromatic heterocycles. The van der Waals surface area contributed by atoms with Crippen molar-refractivity contribution in [2.24, 2.45) is 5.41 Å². The molecule has 3 nitrogen and oxygen atoms in total. The summed E-state index contributed by atoms with van der Waals surface area (Å²) in [5, 5.41) is 3.54. The fraction of sp³-hybridized carbons (Fsp3) is 0.636. The van der Waals surface area contributed by atoms with Crippen LogP contribution in [0.15, 0.2) is 18.6 Å². The molecule has 2 rings (SSSR count). The van der Waals surface area contributed by atoms with Gasteiger partial charge in [-0.1, -0.05) is 13.8 Å². The molecule has 0 saturated heterocycles. The smallest absolute Gasteiger partial charge is 0.115 e. The molecule has 0 amide bonds. The maximum Gasteiger partial charge on any atom is 0.115 e. The van der Waals surface area contributed by atoms with Crippen molar-refractivity contribution in [3.05, 3.63) is 24.3 Å². The predicted octanol–water partition coefficient (Wildman–Crippen LogP) is 1.75. The molecule has 0 radical (unpaired) electrons. The molecule has 1 aromatic rings. The quantitative estimate of drug-likeness (QED) is 0.791. The molecule has 0 spiro atoms. The van der Waals surface area contributed by atoms with Crippen LogP contribution in [0.1, 0.15) is 32.4 Å². The number of aromatic nitrogens is 2. The van der Waals surface area contributed by atoms with E-state index in [0.29, 0.717) is 11.5 Å². The topological polar surface area (TPSA) is 37.8 Å². The Morgan fingerprint density at radius 1 is 1.57 bits per heavy atom. The third-order valence-corrected chi connectivity index (χ3v) is 3.19. The Kier molecular flexibility index (Phi) is 2.50. The molecule has 14 heavy (non-hydrogen) atoms. The maximum absolute atomic E-state index is 4.18. The molecule has 1 aliphatic carbocycles. The Morgan fingerprint density at radius 2 is 2.43 bits per heavy atom. The standard InChI is InChI=1S/C11H17N3/c1-11(2)5-3-10(11)13-7-9-4-6-12-8-14-9/h4,6,8,10,13H,3,5,7H2,1-2H3. The fourth-order valence-electron chi connectivity index (χ4n) is 1.89. The van der Waals surface area contributed by atoms with E-state index in [1.807, 2.05) is 6.07 Å². The van der Waals surface area contributed by atoms with E-state index >= 15 is 0 Å². The van der Waals surface area contributed by atoms with Gasteiger partial charge in [-0.25, -0.2) is 9.97 Å². The van der Waals surface area contributed by atoms with Crippen LogP contribution in [0.4, 0.5) is 0 Å². The third-order valence-electron chi connectivity index (χ3n) is 3.19. The lowest BCUT2D eigenvalue weighted by atomic mass is 9.67. The van der Waals surface area contributed by atoms with E-state index in [0.717, 1.165) is 12.2 Å². The highest BCUT2D eigenvalue weighted by atomic mass is 15.0. The molecule has 0 aromatic carbocycles. The first kappa shape index (κ1) is 9.59. The van der Waals surface area contributed by atoms with Gasteiger partial charge in [0.25, 0.3) is 0 Å². The van der Waals surface area contributed by atoms with Crippen LogP contribution in [0.2, 0.25) is 0 Å². The minimum Gasteiger partial charge on any atom is -0.308 e. The Morgan fingerprint density at radius 3 is 2.93 bits per heavy atom. The van der Waals surface area contributed by atoms with Crippen molar-refractivity contribution in [3.8, 4) is 0 Å². The number of hydrogen-bond acceptors (Lipinski definition) is 3. The highest BCUT2D eigenvalue weighted by Crippen LogP contribution is 2.39. The van der Waals surface area contributed by atoms with E-state index in [2.05, 4.69) is 29.1 Å². The lowest BCUT2D eigenvalue weighted by Gasteiger charge is -2.45. The summed E-state index contributed by atoms with van der Waals surface area (Å²) in [6.45, 7) is 5.49. The molecule has 1 saturated carbocycles. The molecule has 1 atom stereocenters. The molecule has 1 aliphatic rings. The van der Waals surface area contributed by atoms with Crippen molar-refractivity contribution >= 4 is 0 Å². The van der Waals surface area contributed by atoms with Crippen LogP contribution >= 0.6 is 0 Å². The van der Waals surface area contributed by atoms with Crippen molar-refractivity contribution in [3.63, 3.8) is 0 Å². The first-order valence-corrected chi connectivity index (χ1v) is 5.17. The zero-order chi connectivity index (χ0) is 10.0. The monoisotopic (exact) mass is 191 g/mol. The molecule has 3 heteroatoms. The van der Waals surface area contributed by atoms with Crippen LogP contribution in [0, 0.1) is 5.41 Å². The van der Waals surface area contributed by atoms with Gasteiger partial charge in [-0.3, -0.25) is 0 Å². The summed E-state index contributed by atoms with van der Waals surface area (Å²) in [6, 6.07) is 2.61. The second-order valence-corrected chi connectivity index (χ2v) is 4.66. The molecule has 1 fully saturated rings. The van der Waals surface area contributed by atoms with E-state index in [1.54, 1.807) is 12.5 Å². The molecule has 1 N–H and O–H groups in total. The highest BCUT2D eigenvalue weighted by molar-refractivity contribution is 5.00. The van der Waals surface area contributed by atoms with Gasteiger partial charge in [-0.2, -0.15) is 0 Å². The van der Waals surface area contributed by atoms with Gasteiger partial charge in [0.1, 0.15) is 6.33 Å². The molecular weight excluding hydrogens is 174 g/mol. The summed E-state index contributed by atoms with van der Waals surface area (Å²) in [6.07, 6.45) is 6.01. The van der Waals surface area contributed by atoms with E-state index in [4.69, 9.17) is 0 Å². The van der Waals surface area contributed by atoms with Crippen molar-refractivity contribution in [2.75, 3.05) is 0 Å². The number of nitrogens with zero attached hydrogens (tertiary/aromatic N) is 2. The average molecular weight is 191 g/mol. The fourth-order valence-corrected chi connectivity index (χ4v) is 1.89. The first-order chi connectivity index (χ1) is 6.68. The van der Waals surface area contributed by atoms with Gasteiger partial charge in [0.05, 0.1) is 5.69 Å². The highest BCUT2D eigenvalue weighted by Gasteiger charge is 2.37. The van der Waals surface area contributed by atoms with Gasteiger partial charge in [-0.05, 0) is 24.3 Å². The van der Waals surface area contributed by atoms with Crippen molar-refractivity contribution < 1.29 is 0 Å². The number of rotatable bonds is 3. The zero-order valence-corrected chi connectivity index (χ0v) is 8.83. The minimum absolute atomic E-state index is 0.465. The maximum atomic E-state index is 4.18. The molecule has 1 unspecified atom stereocenters.